The molecule has 3 heterocycles. The molecule has 1 aliphatic rings. The van der Waals surface area contributed by atoms with E-state index in [2.05, 4.69) is 15.3 Å². The first-order valence-corrected chi connectivity index (χ1v) is 9.43. The van der Waals surface area contributed by atoms with Crippen LogP contribution in [0.25, 0.3) is 0 Å². The number of aromatic nitrogens is 2. The summed E-state index contributed by atoms with van der Waals surface area (Å²) in [6.45, 7) is 5.22. The lowest BCUT2D eigenvalue weighted by molar-refractivity contribution is -0.148. The van der Waals surface area contributed by atoms with Gasteiger partial charge in [-0.3, -0.25) is 14.7 Å². The molecule has 1 saturated heterocycles. The number of carbonyl (C=O) groups is 1. The van der Waals surface area contributed by atoms with Gasteiger partial charge in [0.1, 0.15) is 0 Å². The monoisotopic (exact) mass is 361 g/mol. The minimum atomic E-state index is -0.194. The molecule has 1 aliphatic heterocycles. The Labute approximate surface area is 151 Å². The van der Waals surface area contributed by atoms with Gasteiger partial charge in [-0.2, -0.15) is 0 Å². The molecule has 25 heavy (non-hydrogen) atoms. The fourth-order valence-corrected chi connectivity index (χ4v) is 3.64. The number of carbonyl (C=O) groups excluding carboxylic acids is 1. The number of thiazole rings is 1. The number of esters is 1. The average Bonchev–Trinajstić information content (AvgIpc) is 3.03. The van der Waals surface area contributed by atoms with Crippen molar-refractivity contribution in [3.63, 3.8) is 0 Å². The minimum Gasteiger partial charge on any atom is -0.466 e. The number of morpholine rings is 1. The first kappa shape index (κ1) is 18.0. The molecule has 0 aromatic carbocycles. The van der Waals surface area contributed by atoms with Gasteiger partial charge in [0.15, 0.2) is 0 Å². The molecule has 134 valence electrons. The fourth-order valence-electron chi connectivity index (χ4n) is 2.84. The summed E-state index contributed by atoms with van der Waals surface area (Å²) in [5, 5.41) is 3.18. The van der Waals surface area contributed by atoms with E-state index in [0.29, 0.717) is 19.6 Å². The van der Waals surface area contributed by atoms with Crippen molar-refractivity contribution in [2.75, 3.05) is 26.3 Å². The largest absolute Gasteiger partial charge is 0.466 e. The van der Waals surface area contributed by atoms with Crippen LogP contribution < -0.4 is 0 Å². The Hall–Kier alpha value is -1.83. The quantitative estimate of drug-likeness (QED) is 0.705. The van der Waals surface area contributed by atoms with E-state index in [1.165, 1.54) is 0 Å². The topological polar surface area (TPSA) is 64.5 Å². The van der Waals surface area contributed by atoms with Crippen LogP contribution in [0.4, 0.5) is 0 Å². The molecule has 6 nitrogen and oxygen atoms in total. The zero-order valence-corrected chi connectivity index (χ0v) is 15.2. The highest BCUT2D eigenvalue weighted by atomic mass is 32.1. The van der Waals surface area contributed by atoms with Crippen LogP contribution in [0.5, 0.6) is 0 Å². The third-order valence-corrected chi connectivity index (χ3v) is 4.86. The zero-order chi connectivity index (χ0) is 17.5. The van der Waals surface area contributed by atoms with Crippen LogP contribution in [-0.2, 0) is 27.2 Å². The Bertz CT molecular complexity index is 677. The highest BCUT2D eigenvalue weighted by molar-refractivity contribution is 7.09. The Morgan fingerprint density at radius 3 is 3.16 bits per heavy atom. The van der Waals surface area contributed by atoms with E-state index in [-0.39, 0.29) is 12.1 Å². The van der Waals surface area contributed by atoms with E-state index < -0.39 is 0 Å². The van der Waals surface area contributed by atoms with E-state index in [9.17, 15) is 4.79 Å². The molecule has 1 fully saturated rings. The Kier molecular flexibility index (Phi) is 6.49. The maximum atomic E-state index is 11.6. The summed E-state index contributed by atoms with van der Waals surface area (Å²) in [7, 11) is 0. The molecule has 7 heteroatoms. The van der Waals surface area contributed by atoms with Gasteiger partial charge >= 0.3 is 5.97 Å². The molecular formula is C18H23N3O3S. The van der Waals surface area contributed by atoms with Gasteiger partial charge < -0.3 is 9.47 Å². The summed E-state index contributed by atoms with van der Waals surface area (Å²) in [6, 6.07) is 5.93. The first-order chi connectivity index (χ1) is 12.2. The lowest BCUT2D eigenvalue weighted by Crippen LogP contribution is -2.43. The number of pyridine rings is 1. The zero-order valence-electron chi connectivity index (χ0n) is 14.4. The van der Waals surface area contributed by atoms with Gasteiger partial charge in [0.05, 0.1) is 36.4 Å². The fraction of sp³-hybridized carbons (Fsp3) is 0.500. The Balaban J connectivity index is 1.51. The van der Waals surface area contributed by atoms with Crippen molar-refractivity contribution in [2.45, 2.75) is 32.4 Å². The number of ether oxygens (including phenoxy) is 2. The van der Waals surface area contributed by atoms with Crippen molar-refractivity contribution in [2.24, 2.45) is 0 Å². The van der Waals surface area contributed by atoms with Crippen LogP contribution in [0.1, 0.15) is 29.7 Å². The number of rotatable bonds is 7. The predicted molar refractivity (Wildman–Crippen MR) is 95.4 cm³/mol. The van der Waals surface area contributed by atoms with E-state index in [1.54, 1.807) is 17.5 Å². The van der Waals surface area contributed by atoms with E-state index in [4.69, 9.17) is 14.5 Å². The molecule has 2 aromatic heterocycles. The molecule has 1 unspecified atom stereocenters. The van der Waals surface area contributed by atoms with E-state index in [1.807, 2.05) is 25.1 Å². The van der Waals surface area contributed by atoms with E-state index in [0.717, 1.165) is 42.5 Å². The molecule has 3 rings (SSSR count). The molecule has 1 atom stereocenters. The van der Waals surface area contributed by atoms with Crippen LogP contribution in [0, 0.1) is 0 Å². The molecule has 2 aromatic rings. The van der Waals surface area contributed by atoms with Gasteiger partial charge in [-0.15, -0.1) is 11.3 Å². The van der Waals surface area contributed by atoms with Crippen molar-refractivity contribution >= 4 is 17.3 Å². The first-order valence-electron chi connectivity index (χ1n) is 8.55. The second-order valence-electron chi connectivity index (χ2n) is 5.97. The van der Waals surface area contributed by atoms with Crippen LogP contribution in [0.15, 0.2) is 29.8 Å². The summed E-state index contributed by atoms with van der Waals surface area (Å²) < 4.78 is 10.7. The maximum Gasteiger partial charge on any atom is 0.308 e. The van der Waals surface area contributed by atoms with Crippen molar-refractivity contribution in [1.29, 1.82) is 0 Å². The Morgan fingerprint density at radius 2 is 2.36 bits per heavy atom. The van der Waals surface area contributed by atoms with Gasteiger partial charge in [-0.05, 0) is 19.1 Å². The van der Waals surface area contributed by atoms with Gasteiger partial charge in [-0.25, -0.2) is 4.98 Å². The summed E-state index contributed by atoms with van der Waals surface area (Å²) in [5.41, 5.74) is 2.09. The van der Waals surface area contributed by atoms with Gasteiger partial charge in [0.25, 0.3) is 0 Å². The van der Waals surface area contributed by atoms with Crippen molar-refractivity contribution in [3.8, 4) is 0 Å². The molecule has 0 aliphatic carbocycles. The number of hydrogen-bond donors (Lipinski definition) is 0. The van der Waals surface area contributed by atoms with E-state index >= 15 is 0 Å². The van der Waals surface area contributed by atoms with Crippen LogP contribution in [0.2, 0.25) is 0 Å². The van der Waals surface area contributed by atoms with Crippen LogP contribution >= 0.6 is 11.3 Å². The maximum absolute atomic E-state index is 11.6. The lowest BCUT2D eigenvalue weighted by atomic mass is 10.2. The van der Waals surface area contributed by atoms with Gasteiger partial charge in [-0.1, -0.05) is 6.07 Å². The lowest BCUT2D eigenvalue weighted by Gasteiger charge is -2.32. The van der Waals surface area contributed by atoms with Gasteiger partial charge in [0, 0.05) is 43.3 Å². The average molecular weight is 361 g/mol. The molecule has 0 saturated carbocycles. The predicted octanol–water partition coefficient (Wildman–Crippen LogP) is 2.28. The summed E-state index contributed by atoms with van der Waals surface area (Å²) in [4.78, 5) is 23.0. The third-order valence-electron chi connectivity index (χ3n) is 3.97. The molecule has 0 amide bonds. The highest BCUT2D eigenvalue weighted by Gasteiger charge is 2.24. The second kappa shape index (κ2) is 9.03. The van der Waals surface area contributed by atoms with Gasteiger partial charge in [0.2, 0.25) is 0 Å². The third kappa shape index (κ3) is 5.59. The van der Waals surface area contributed by atoms with Crippen molar-refractivity contribution < 1.29 is 14.3 Å². The molecule has 0 N–H and O–H groups in total. The molecule has 0 radical (unpaired) electrons. The SMILES string of the molecule is CCOC(=O)CC1CN(Cc2csc(Cc3ccccn3)n2)CCO1. The minimum absolute atomic E-state index is 0.0978. The number of nitrogens with zero attached hydrogens (tertiary/aromatic N) is 3. The Morgan fingerprint density at radius 1 is 1.44 bits per heavy atom. The highest BCUT2D eigenvalue weighted by Crippen LogP contribution is 2.17. The molecule has 0 bridgehead atoms. The van der Waals surface area contributed by atoms with Crippen LogP contribution in [0.3, 0.4) is 0 Å². The summed E-state index contributed by atoms with van der Waals surface area (Å²) in [5.74, 6) is -0.194. The standard InChI is InChI=1S/C18H23N3O3S/c1-2-23-18(22)10-16-12-21(7-8-24-16)11-15-13-25-17(20-15)9-14-5-3-4-6-19-14/h3-6,13,16H,2,7-12H2,1H3. The van der Waals surface area contributed by atoms with Crippen molar-refractivity contribution in [1.82, 2.24) is 14.9 Å². The van der Waals surface area contributed by atoms with Crippen molar-refractivity contribution in [3.05, 3.63) is 46.2 Å². The summed E-state index contributed by atoms with van der Waals surface area (Å²) in [6.07, 6.45) is 2.78. The molecule has 0 spiro atoms. The second-order valence-corrected chi connectivity index (χ2v) is 6.91. The molecular weight excluding hydrogens is 338 g/mol. The normalized spacial score (nSPS) is 18.2. The summed E-state index contributed by atoms with van der Waals surface area (Å²) >= 11 is 1.67. The smallest absolute Gasteiger partial charge is 0.308 e. The van der Waals surface area contributed by atoms with Crippen LogP contribution in [-0.4, -0.2) is 53.2 Å². The number of hydrogen-bond acceptors (Lipinski definition) is 7.